The van der Waals surface area contributed by atoms with Crippen LogP contribution in [0.4, 0.5) is 0 Å². The largest absolute Gasteiger partial charge is 0.384 e. The predicted molar refractivity (Wildman–Crippen MR) is 51.8 cm³/mol. The predicted octanol–water partition coefficient (Wildman–Crippen LogP) is 2.61. The molecular weight excluding hydrogens is 146 g/mol. The van der Waals surface area contributed by atoms with E-state index in [9.17, 15) is 0 Å². The first-order valence-electron chi connectivity index (χ1n) is 5.03. The second kappa shape index (κ2) is 3.34. The lowest BCUT2D eigenvalue weighted by Gasteiger charge is -2.33. The lowest BCUT2D eigenvalue weighted by Crippen LogP contribution is -2.36. The fourth-order valence-corrected chi connectivity index (χ4v) is 1.85. The number of nitrogens with one attached hydrogen (secondary N) is 1. The van der Waals surface area contributed by atoms with E-state index in [1.54, 1.807) is 0 Å². The van der Waals surface area contributed by atoms with Crippen LogP contribution in [-0.4, -0.2) is 6.04 Å². The Balaban J connectivity index is 1.90. The maximum absolute atomic E-state index is 3.47. The summed E-state index contributed by atoms with van der Waals surface area (Å²) in [5.74, 6) is 0.913. The maximum atomic E-state index is 3.47. The van der Waals surface area contributed by atoms with E-state index in [1.165, 1.54) is 24.8 Å². The number of hydrogen-bond donors (Lipinski definition) is 1. The highest BCUT2D eigenvalue weighted by Crippen LogP contribution is 2.31. The van der Waals surface area contributed by atoms with Crippen LogP contribution >= 0.6 is 0 Å². The van der Waals surface area contributed by atoms with Crippen LogP contribution in [0.2, 0.25) is 0 Å². The number of dihydropyridines is 1. The standard InChI is InChI=1S/C11H17N/c1-2-9-6-7-11(12-8-9)10-4-3-5-10/h6-8,10-12H,2-5H2,1H3. The number of allylic oxidation sites excluding steroid dienone is 2. The third-order valence-electron chi connectivity index (χ3n) is 3.04. The van der Waals surface area contributed by atoms with Gasteiger partial charge in [-0.05, 0) is 30.8 Å². The van der Waals surface area contributed by atoms with Crippen LogP contribution in [0, 0.1) is 5.92 Å². The second-order valence-corrected chi connectivity index (χ2v) is 3.82. The molecule has 0 aromatic carbocycles. The van der Waals surface area contributed by atoms with Crippen LogP contribution in [0.5, 0.6) is 0 Å². The first-order chi connectivity index (χ1) is 5.90. The molecule has 0 radical (unpaired) electrons. The van der Waals surface area contributed by atoms with Crippen LogP contribution in [0.15, 0.2) is 23.9 Å². The van der Waals surface area contributed by atoms with Gasteiger partial charge >= 0.3 is 0 Å². The van der Waals surface area contributed by atoms with E-state index in [1.807, 2.05) is 0 Å². The van der Waals surface area contributed by atoms with Gasteiger partial charge in [-0.25, -0.2) is 0 Å². The van der Waals surface area contributed by atoms with Gasteiger partial charge in [-0.2, -0.15) is 0 Å². The fraction of sp³-hybridized carbons (Fsp3) is 0.636. The molecule has 1 aliphatic carbocycles. The molecule has 0 aromatic heterocycles. The Kier molecular flexibility index (Phi) is 2.20. The Bertz CT molecular complexity index is 211. The summed E-state index contributed by atoms with van der Waals surface area (Å²) < 4.78 is 0. The summed E-state index contributed by atoms with van der Waals surface area (Å²) >= 11 is 0. The van der Waals surface area contributed by atoms with Crippen LogP contribution < -0.4 is 5.32 Å². The van der Waals surface area contributed by atoms with Gasteiger partial charge in [-0.15, -0.1) is 0 Å². The minimum atomic E-state index is 0.633. The minimum Gasteiger partial charge on any atom is -0.384 e. The van der Waals surface area contributed by atoms with Gasteiger partial charge in [0.2, 0.25) is 0 Å². The van der Waals surface area contributed by atoms with Crippen molar-refractivity contribution in [3.8, 4) is 0 Å². The van der Waals surface area contributed by atoms with Crippen molar-refractivity contribution in [3.05, 3.63) is 23.9 Å². The molecule has 1 N–H and O–H groups in total. The van der Waals surface area contributed by atoms with Gasteiger partial charge in [0.15, 0.2) is 0 Å². The van der Waals surface area contributed by atoms with Crippen LogP contribution in [0.25, 0.3) is 0 Å². The molecule has 1 nitrogen and oxygen atoms in total. The molecule has 1 atom stereocenters. The lowest BCUT2D eigenvalue weighted by molar-refractivity contribution is 0.270. The van der Waals surface area contributed by atoms with Gasteiger partial charge in [0.25, 0.3) is 0 Å². The van der Waals surface area contributed by atoms with Crippen molar-refractivity contribution in [2.45, 2.75) is 38.6 Å². The summed E-state index contributed by atoms with van der Waals surface area (Å²) in [7, 11) is 0. The molecule has 1 unspecified atom stereocenters. The van der Waals surface area contributed by atoms with E-state index in [0.717, 1.165) is 12.3 Å². The van der Waals surface area contributed by atoms with E-state index in [0.29, 0.717) is 6.04 Å². The van der Waals surface area contributed by atoms with E-state index >= 15 is 0 Å². The van der Waals surface area contributed by atoms with Crippen molar-refractivity contribution in [3.63, 3.8) is 0 Å². The Morgan fingerprint density at radius 3 is 2.75 bits per heavy atom. The van der Waals surface area contributed by atoms with Crippen molar-refractivity contribution in [2.24, 2.45) is 5.92 Å². The molecule has 1 heteroatoms. The number of hydrogen-bond acceptors (Lipinski definition) is 1. The van der Waals surface area contributed by atoms with Gasteiger partial charge in [-0.1, -0.05) is 25.5 Å². The average molecular weight is 163 g/mol. The summed E-state index contributed by atoms with van der Waals surface area (Å²) in [5.41, 5.74) is 1.42. The molecule has 0 spiro atoms. The quantitative estimate of drug-likeness (QED) is 0.660. The molecule has 1 saturated carbocycles. The van der Waals surface area contributed by atoms with E-state index < -0.39 is 0 Å². The van der Waals surface area contributed by atoms with Crippen molar-refractivity contribution in [1.29, 1.82) is 0 Å². The fourth-order valence-electron chi connectivity index (χ4n) is 1.85. The Morgan fingerprint density at radius 1 is 1.50 bits per heavy atom. The average Bonchev–Trinajstić information content (AvgIpc) is 2.03. The van der Waals surface area contributed by atoms with Gasteiger partial charge in [0.05, 0.1) is 0 Å². The zero-order valence-electron chi connectivity index (χ0n) is 7.72. The van der Waals surface area contributed by atoms with E-state index in [-0.39, 0.29) is 0 Å². The summed E-state index contributed by atoms with van der Waals surface area (Å²) in [5, 5.41) is 3.47. The monoisotopic (exact) mass is 163 g/mol. The van der Waals surface area contributed by atoms with Crippen LogP contribution in [-0.2, 0) is 0 Å². The van der Waals surface area contributed by atoms with Crippen LogP contribution in [0.1, 0.15) is 32.6 Å². The molecule has 12 heavy (non-hydrogen) atoms. The highest BCUT2D eigenvalue weighted by molar-refractivity contribution is 5.24. The highest BCUT2D eigenvalue weighted by atomic mass is 14.9. The van der Waals surface area contributed by atoms with E-state index in [4.69, 9.17) is 0 Å². The zero-order chi connectivity index (χ0) is 8.39. The highest BCUT2D eigenvalue weighted by Gasteiger charge is 2.25. The number of rotatable bonds is 2. The van der Waals surface area contributed by atoms with Crippen molar-refractivity contribution < 1.29 is 0 Å². The van der Waals surface area contributed by atoms with Crippen molar-refractivity contribution in [2.75, 3.05) is 0 Å². The zero-order valence-corrected chi connectivity index (χ0v) is 7.72. The Hall–Kier alpha value is -0.720. The third-order valence-corrected chi connectivity index (χ3v) is 3.04. The molecule has 1 aliphatic heterocycles. The molecule has 2 aliphatic rings. The smallest absolute Gasteiger partial charge is 0.0470 e. The van der Waals surface area contributed by atoms with Crippen LogP contribution in [0.3, 0.4) is 0 Å². The molecule has 0 bridgehead atoms. The molecule has 0 saturated heterocycles. The molecule has 0 aromatic rings. The van der Waals surface area contributed by atoms with Gasteiger partial charge in [0.1, 0.15) is 0 Å². The Labute approximate surface area is 74.5 Å². The molecule has 2 rings (SSSR count). The van der Waals surface area contributed by atoms with Gasteiger partial charge in [-0.3, -0.25) is 0 Å². The van der Waals surface area contributed by atoms with Gasteiger partial charge in [0, 0.05) is 12.2 Å². The van der Waals surface area contributed by atoms with Crippen molar-refractivity contribution in [1.82, 2.24) is 5.32 Å². The van der Waals surface area contributed by atoms with E-state index in [2.05, 4.69) is 30.6 Å². The normalized spacial score (nSPS) is 29.1. The summed E-state index contributed by atoms with van der Waals surface area (Å²) in [6, 6.07) is 0.633. The summed E-state index contributed by atoms with van der Waals surface area (Å²) in [4.78, 5) is 0. The Morgan fingerprint density at radius 2 is 2.33 bits per heavy atom. The third kappa shape index (κ3) is 1.40. The summed E-state index contributed by atoms with van der Waals surface area (Å²) in [6.45, 7) is 2.20. The first kappa shape index (κ1) is 7.90. The molecule has 1 fully saturated rings. The first-order valence-corrected chi connectivity index (χ1v) is 5.03. The molecule has 66 valence electrons. The molecule has 0 amide bonds. The lowest BCUT2D eigenvalue weighted by atomic mass is 9.79. The minimum absolute atomic E-state index is 0.633. The second-order valence-electron chi connectivity index (χ2n) is 3.82. The SMILES string of the molecule is CCC1=CNC(C2CCC2)C=C1. The van der Waals surface area contributed by atoms with Gasteiger partial charge < -0.3 is 5.32 Å². The molecular formula is C11H17N. The van der Waals surface area contributed by atoms with Crippen molar-refractivity contribution >= 4 is 0 Å². The maximum Gasteiger partial charge on any atom is 0.0470 e. The topological polar surface area (TPSA) is 12.0 Å². The molecule has 1 heterocycles. The summed E-state index contributed by atoms with van der Waals surface area (Å²) in [6.07, 6.45) is 12.2.